The second-order valence-corrected chi connectivity index (χ2v) is 4.95. The molecule has 5 heteroatoms. The lowest BCUT2D eigenvalue weighted by Gasteiger charge is -2.10. The molecule has 0 spiro atoms. The van der Waals surface area contributed by atoms with Crippen LogP contribution >= 0.6 is 12.6 Å². The molecule has 0 aliphatic rings. The first kappa shape index (κ1) is 15.0. The topological polar surface area (TPSA) is 32.3 Å². The van der Waals surface area contributed by atoms with Crippen molar-refractivity contribution in [2.75, 3.05) is 27.2 Å². The van der Waals surface area contributed by atoms with Crippen molar-refractivity contribution in [3.05, 3.63) is 29.6 Å². The van der Waals surface area contributed by atoms with Crippen LogP contribution < -0.4 is 5.32 Å². The highest BCUT2D eigenvalue weighted by Crippen LogP contribution is 2.13. The first-order valence-corrected chi connectivity index (χ1v) is 6.37. The van der Waals surface area contributed by atoms with Crippen molar-refractivity contribution in [3.8, 4) is 0 Å². The third kappa shape index (κ3) is 5.06. The number of thiol groups is 1. The average Bonchev–Trinajstić information content (AvgIpc) is 2.31. The Hall–Kier alpha value is -1.07. The highest BCUT2D eigenvalue weighted by Gasteiger charge is 2.10. The van der Waals surface area contributed by atoms with Crippen molar-refractivity contribution < 1.29 is 9.18 Å². The molecule has 0 aromatic heterocycles. The van der Waals surface area contributed by atoms with Crippen molar-refractivity contribution in [2.24, 2.45) is 0 Å². The van der Waals surface area contributed by atoms with Crippen LogP contribution in [0.15, 0.2) is 23.1 Å². The summed E-state index contributed by atoms with van der Waals surface area (Å²) in [4.78, 5) is 14.4. The standard InChI is InChI=1S/C13H19FN2OS/c1-16(2)8-4-3-7-15-13(17)11-9-10(18)5-6-12(11)14/h5-6,9,18H,3-4,7-8H2,1-2H3,(H,15,17). The lowest BCUT2D eigenvalue weighted by molar-refractivity contribution is 0.0948. The summed E-state index contributed by atoms with van der Waals surface area (Å²) in [5, 5.41) is 2.71. The maximum absolute atomic E-state index is 13.4. The summed E-state index contributed by atoms with van der Waals surface area (Å²) in [5.41, 5.74) is 0.0510. The molecule has 100 valence electrons. The predicted molar refractivity (Wildman–Crippen MR) is 73.8 cm³/mol. The number of unbranched alkanes of at least 4 members (excludes halogenated alkanes) is 1. The van der Waals surface area contributed by atoms with Gasteiger partial charge in [-0.3, -0.25) is 4.79 Å². The van der Waals surface area contributed by atoms with Crippen LogP contribution in [0, 0.1) is 5.82 Å². The van der Waals surface area contributed by atoms with E-state index in [1.165, 1.54) is 18.2 Å². The van der Waals surface area contributed by atoms with Gasteiger partial charge in [0.2, 0.25) is 0 Å². The highest BCUT2D eigenvalue weighted by molar-refractivity contribution is 7.80. The van der Waals surface area contributed by atoms with Crippen molar-refractivity contribution in [3.63, 3.8) is 0 Å². The van der Waals surface area contributed by atoms with Crippen LogP contribution in [-0.2, 0) is 0 Å². The van der Waals surface area contributed by atoms with Gasteiger partial charge in [0.1, 0.15) is 5.82 Å². The largest absolute Gasteiger partial charge is 0.352 e. The molecule has 0 bridgehead atoms. The molecule has 0 unspecified atom stereocenters. The quantitative estimate of drug-likeness (QED) is 0.613. The van der Waals surface area contributed by atoms with Crippen molar-refractivity contribution >= 4 is 18.5 Å². The van der Waals surface area contributed by atoms with Gasteiger partial charge in [-0.05, 0) is 51.7 Å². The zero-order valence-electron chi connectivity index (χ0n) is 10.7. The molecule has 1 aromatic rings. The van der Waals surface area contributed by atoms with Gasteiger partial charge in [-0.15, -0.1) is 12.6 Å². The van der Waals surface area contributed by atoms with Crippen LogP contribution in [0.25, 0.3) is 0 Å². The fourth-order valence-corrected chi connectivity index (χ4v) is 1.74. The number of carbonyl (C=O) groups excluding carboxylic acids is 1. The number of nitrogens with zero attached hydrogens (tertiary/aromatic N) is 1. The van der Waals surface area contributed by atoms with Gasteiger partial charge in [-0.2, -0.15) is 0 Å². The van der Waals surface area contributed by atoms with Crippen molar-refractivity contribution in [2.45, 2.75) is 17.7 Å². The van der Waals surface area contributed by atoms with Crippen LogP contribution in [0.3, 0.4) is 0 Å². The zero-order chi connectivity index (χ0) is 13.5. The van der Waals surface area contributed by atoms with E-state index < -0.39 is 5.82 Å². The molecule has 0 saturated carbocycles. The average molecular weight is 270 g/mol. The molecule has 1 rings (SSSR count). The molecular formula is C13H19FN2OS. The molecular weight excluding hydrogens is 251 g/mol. The van der Waals surface area contributed by atoms with Gasteiger partial charge < -0.3 is 10.2 Å². The van der Waals surface area contributed by atoms with Gasteiger partial charge >= 0.3 is 0 Å². The van der Waals surface area contributed by atoms with E-state index in [0.29, 0.717) is 11.4 Å². The number of halogens is 1. The summed E-state index contributed by atoms with van der Waals surface area (Å²) in [6.07, 6.45) is 1.88. The number of benzene rings is 1. The van der Waals surface area contributed by atoms with Crippen molar-refractivity contribution in [1.29, 1.82) is 0 Å². The predicted octanol–water partition coefficient (Wildman–Crippen LogP) is 2.19. The van der Waals surface area contributed by atoms with Gasteiger partial charge in [0.15, 0.2) is 0 Å². The van der Waals surface area contributed by atoms with Gasteiger partial charge in [0.25, 0.3) is 5.91 Å². The molecule has 0 radical (unpaired) electrons. The number of amides is 1. The monoisotopic (exact) mass is 270 g/mol. The zero-order valence-corrected chi connectivity index (χ0v) is 11.6. The first-order chi connectivity index (χ1) is 8.50. The molecule has 1 amide bonds. The van der Waals surface area contributed by atoms with Gasteiger partial charge in [-0.1, -0.05) is 0 Å². The molecule has 0 aliphatic carbocycles. The van der Waals surface area contributed by atoms with Crippen molar-refractivity contribution in [1.82, 2.24) is 10.2 Å². The Labute approximate surface area is 113 Å². The van der Waals surface area contributed by atoms with Crippen LogP contribution in [0.2, 0.25) is 0 Å². The molecule has 0 saturated heterocycles. The SMILES string of the molecule is CN(C)CCCCNC(=O)c1cc(S)ccc1F. The van der Waals surface area contributed by atoms with E-state index in [4.69, 9.17) is 0 Å². The van der Waals surface area contributed by atoms with Crippen LogP contribution in [0.1, 0.15) is 23.2 Å². The molecule has 1 aromatic carbocycles. The third-order valence-corrected chi connectivity index (χ3v) is 2.79. The minimum absolute atomic E-state index is 0.0510. The normalized spacial score (nSPS) is 10.7. The van der Waals surface area contributed by atoms with Crippen LogP contribution in [-0.4, -0.2) is 38.0 Å². The third-order valence-electron chi connectivity index (χ3n) is 2.51. The highest BCUT2D eigenvalue weighted by atomic mass is 32.1. The molecule has 0 heterocycles. The van der Waals surface area contributed by atoms with E-state index in [1.54, 1.807) is 0 Å². The van der Waals surface area contributed by atoms with E-state index in [-0.39, 0.29) is 11.5 Å². The molecule has 0 fully saturated rings. The maximum atomic E-state index is 13.4. The second kappa shape index (κ2) is 7.38. The molecule has 0 aliphatic heterocycles. The summed E-state index contributed by atoms with van der Waals surface area (Å²) < 4.78 is 13.4. The van der Waals surface area contributed by atoms with Gasteiger partial charge in [-0.25, -0.2) is 4.39 Å². The summed E-state index contributed by atoms with van der Waals surface area (Å²) in [5.74, 6) is -0.896. The first-order valence-electron chi connectivity index (χ1n) is 5.92. The number of hydrogen-bond donors (Lipinski definition) is 2. The maximum Gasteiger partial charge on any atom is 0.254 e. The lowest BCUT2D eigenvalue weighted by Crippen LogP contribution is -2.26. The van der Waals surface area contributed by atoms with E-state index >= 15 is 0 Å². The number of hydrogen-bond acceptors (Lipinski definition) is 3. The van der Waals surface area contributed by atoms with E-state index in [2.05, 4.69) is 22.8 Å². The van der Waals surface area contributed by atoms with E-state index in [9.17, 15) is 9.18 Å². The Bertz CT molecular complexity index is 410. The Morgan fingerprint density at radius 3 is 2.78 bits per heavy atom. The summed E-state index contributed by atoms with van der Waals surface area (Å²) in [6, 6.07) is 4.21. The minimum Gasteiger partial charge on any atom is -0.352 e. The number of carbonyl (C=O) groups is 1. The summed E-state index contributed by atoms with van der Waals surface area (Å²) in [6.45, 7) is 1.54. The smallest absolute Gasteiger partial charge is 0.254 e. The van der Waals surface area contributed by atoms with Crippen LogP contribution in [0.5, 0.6) is 0 Å². The van der Waals surface area contributed by atoms with Crippen LogP contribution in [0.4, 0.5) is 4.39 Å². The van der Waals surface area contributed by atoms with E-state index in [0.717, 1.165) is 19.4 Å². The summed E-state index contributed by atoms with van der Waals surface area (Å²) in [7, 11) is 4.01. The number of rotatable bonds is 6. The fourth-order valence-electron chi connectivity index (χ4n) is 1.54. The second-order valence-electron chi connectivity index (χ2n) is 4.43. The summed E-state index contributed by atoms with van der Waals surface area (Å²) >= 11 is 4.09. The molecule has 0 atom stereocenters. The molecule has 18 heavy (non-hydrogen) atoms. The molecule has 3 nitrogen and oxygen atoms in total. The Morgan fingerprint density at radius 1 is 1.39 bits per heavy atom. The Kier molecular flexibility index (Phi) is 6.15. The minimum atomic E-state index is -0.515. The van der Waals surface area contributed by atoms with Gasteiger partial charge in [0, 0.05) is 11.4 Å². The lowest BCUT2D eigenvalue weighted by atomic mass is 10.2. The Balaban J connectivity index is 2.39. The molecule has 1 N–H and O–H groups in total. The van der Waals surface area contributed by atoms with E-state index in [1.807, 2.05) is 14.1 Å². The Morgan fingerprint density at radius 2 is 2.11 bits per heavy atom. The van der Waals surface area contributed by atoms with Gasteiger partial charge in [0.05, 0.1) is 5.56 Å². The fraction of sp³-hybridized carbons (Fsp3) is 0.462. The number of nitrogens with one attached hydrogen (secondary N) is 1.